The first-order chi connectivity index (χ1) is 11.9. The number of nitrogens with zero attached hydrogens (tertiary/aromatic N) is 1. The topological polar surface area (TPSA) is 84.9 Å². The Morgan fingerprint density at radius 3 is 2.56 bits per heavy atom. The van der Waals surface area contributed by atoms with Gasteiger partial charge in [0, 0.05) is 23.6 Å². The molecule has 0 bridgehead atoms. The summed E-state index contributed by atoms with van der Waals surface area (Å²) in [4.78, 5) is 12.4. The van der Waals surface area contributed by atoms with Crippen LogP contribution in [0.2, 0.25) is 0 Å². The Morgan fingerprint density at radius 1 is 1.32 bits per heavy atom. The first-order valence-electron chi connectivity index (χ1n) is 8.07. The van der Waals surface area contributed by atoms with Crippen molar-refractivity contribution in [3.05, 3.63) is 16.6 Å². The van der Waals surface area contributed by atoms with E-state index in [4.69, 9.17) is 9.47 Å². The van der Waals surface area contributed by atoms with Crippen molar-refractivity contribution in [2.45, 2.75) is 37.1 Å². The number of sulfonamides is 1. The van der Waals surface area contributed by atoms with E-state index in [0.717, 1.165) is 6.42 Å². The Balaban J connectivity index is 2.39. The van der Waals surface area contributed by atoms with Gasteiger partial charge in [-0.3, -0.25) is 4.79 Å². The zero-order chi connectivity index (χ0) is 18.6. The average Bonchev–Trinajstić information content (AvgIpc) is 3.09. The van der Waals surface area contributed by atoms with E-state index in [9.17, 15) is 13.2 Å². The molecule has 1 aliphatic heterocycles. The lowest BCUT2D eigenvalue weighted by Crippen LogP contribution is -2.46. The van der Waals surface area contributed by atoms with Gasteiger partial charge in [-0.25, -0.2) is 8.42 Å². The highest BCUT2D eigenvalue weighted by molar-refractivity contribution is 9.10. The van der Waals surface area contributed by atoms with Crippen LogP contribution in [0.3, 0.4) is 0 Å². The number of hydrogen-bond acceptors (Lipinski definition) is 5. The number of benzene rings is 1. The molecule has 1 unspecified atom stereocenters. The molecule has 0 saturated carbocycles. The fourth-order valence-corrected chi connectivity index (χ4v) is 5.47. The fraction of sp³-hybridized carbons (Fsp3) is 0.562. The van der Waals surface area contributed by atoms with E-state index in [1.165, 1.54) is 24.6 Å². The van der Waals surface area contributed by atoms with Gasteiger partial charge in [-0.1, -0.05) is 6.92 Å². The van der Waals surface area contributed by atoms with Crippen molar-refractivity contribution in [2.24, 2.45) is 0 Å². The number of methoxy groups -OCH3 is 2. The van der Waals surface area contributed by atoms with Crippen LogP contribution in [0.4, 0.5) is 0 Å². The molecule has 1 atom stereocenters. The van der Waals surface area contributed by atoms with Gasteiger partial charge in [0.05, 0.1) is 14.2 Å². The van der Waals surface area contributed by atoms with Crippen molar-refractivity contribution in [2.75, 3.05) is 27.3 Å². The Bertz CT molecular complexity index is 738. The third-order valence-corrected chi connectivity index (χ3v) is 6.95. The Kier molecular flexibility index (Phi) is 6.70. The quantitative estimate of drug-likeness (QED) is 0.710. The zero-order valence-corrected chi connectivity index (χ0v) is 16.9. The molecule has 2 rings (SSSR count). The third-order valence-electron chi connectivity index (χ3n) is 4.08. The molecule has 1 aliphatic rings. The summed E-state index contributed by atoms with van der Waals surface area (Å²) < 4.78 is 38.3. The lowest BCUT2D eigenvalue weighted by Gasteiger charge is -2.24. The van der Waals surface area contributed by atoms with Gasteiger partial charge in [0.15, 0.2) is 11.5 Å². The monoisotopic (exact) mass is 434 g/mol. The van der Waals surface area contributed by atoms with Crippen molar-refractivity contribution in [1.82, 2.24) is 9.62 Å². The Labute approximate surface area is 156 Å². The van der Waals surface area contributed by atoms with Crippen molar-refractivity contribution < 1.29 is 22.7 Å². The number of rotatable bonds is 7. The van der Waals surface area contributed by atoms with Crippen LogP contribution >= 0.6 is 15.9 Å². The molecular weight excluding hydrogens is 412 g/mol. The van der Waals surface area contributed by atoms with Crippen molar-refractivity contribution in [3.8, 4) is 11.5 Å². The minimum absolute atomic E-state index is 0.0559. The fourth-order valence-electron chi connectivity index (χ4n) is 2.82. The number of carbonyl (C=O) groups excluding carboxylic acids is 1. The molecule has 1 heterocycles. The summed E-state index contributed by atoms with van der Waals surface area (Å²) in [5.41, 5.74) is 0. The van der Waals surface area contributed by atoms with Crippen LogP contribution in [0.1, 0.15) is 26.2 Å². The predicted octanol–water partition coefficient (Wildman–Crippen LogP) is 2.15. The second-order valence-electron chi connectivity index (χ2n) is 5.70. The maximum atomic E-state index is 13.1. The number of nitrogens with one attached hydrogen (secondary N) is 1. The van der Waals surface area contributed by atoms with Gasteiger partial charge in [-0.15, -0.1) is 0 Å². The van der Waals surface area contributed by atoms with Crippen molar-refractivity contribution in [1.29, 1.82) is 0 Å². The predicted molar refractivity (Wildman–Crippen MR) is 97.5 cm³/mol. The van der Waals surface area contributed by atoms with Gasteiger partial charge in [-0.05, 0) is 41.3 Å². The van der Waals surface area contributed by atoms with E-state index in [1.54, 1.807) is 6.07 Å². The van der Waals surface area contributed by atoms with E-state index < -0.39 is 16.1 Å². The van der Waals surface area contributed by atoms with Gasteiger partial charge in [0.25, 0.3) is 0 Å². The van der Waals surface area contributed by atoms with Crippen molar-refractivity contribution in [3.63, 3.8) is 0 Å². The van der Waals surface area contributed by atoms with Crippen LogP contribution in [0.25, 0.3) is 0 Å². The summed E-state index contributed by atoms with van der Waals surface area (Å²) in [6.45, 7) is 2.79. The molecule has 25 heavy (non-hydrogen) atoms. The molecule has 1 N–H and O–H groups in total. The second kappa shape index (κ2) is 8.37. The number of amides is 1. The number of hydrogen-bond donors (Lipinski definition) is 1. The summed E-state index contributed by atoms with van der Waals surface area (Å²) >= 11 is 3.29. The van der Waals surface area contributed by atoms with E-state index in [0.29, 0.717) is 41.9 Å². The highest BCUT2D eigenvalue weighted by Gasteiger charge is 2.40. The number of carbonyl (C=O) groups is 1. The first-order valence-corrected chi connectivity index (χ1v) is 10.3. The molecule has 0 spiro atoms. The van der Waals surface area contributed by atoms with Gasteiger partial charge in [0.1, 0.15) is 10.9 Å². The number of halogens is 1. The molecule has 0 aliphatic carbocycles. The maximum Gasteiger partial charge on any atom is 0.245 e. The van der Waals surface area contributed by atoms with Gasteiger partial charge in [0.2, 0.25) is 15.9 Å². The van der Waals surface area contributed by atoms with Crippen LogP contribution in [0.5, 0.6) is 11.5 Å². The summed E-state index contributed by atoms with van der Waals surface area (Å²) in [6.07, 6.45) is 1.96. The third kappa shape index (κ3) is 4.09. The van der Waals surface area contributed by atoms with Crippen LogP contribution in [0, 0.1) is 0 Å². The van der Waals surface area contributed by atoms with Gasteiger partial charge in [-0.2, -0.15) is 4.31 Å². The van der Waals surface area contributed by atoms with E-state index in [1.807, 2.05) is 6.92 Å². The van der Waals surface area contributed by atoms with Crippen LogP contribution in [-0.4, -0.2) is 52.0 Å². The Morgan fingerprint density at radius 2 is 1.96 bits per heavy atom. The van der Waals surface area contributed by atoms with Crippen LogP contribution < -0.4 is 14.8 Å². The largest absolute Gasteiger partial charge is 0.493 e. The first kappa shape index (κ1) is 20.0. The number of ether oxygens (including phenoxy) is 2. The van der Waals surface area contributed by atoms with E-state index in [2.05, 4.69) is 21.2 Å². The summed E-state index contributed by atoms with van der Waals surface area (Å²) in [7, 11) is -0.933. The minimum atomic E-state index is -3.86. The summed E-state index contributed by atoms with van der Waals surface area (Å²) in [5, 5.41) is 2.78. The van der Waals surface area contributed by atoms with Crippen LogP contribution in [-0.2, 0) is 14.8 Å². The zero-order valence-electron chi connectivity index (χ0n) is 14.5. The molecule has 7 nitrogen and oxygen atoms in total. The smallest absolute Gasteiger partial charge is 0.245 e. The normalized spacial score (nSPS) is 18.2. The molecular formula is C16H23BrN2O5S. The lowest BCUT2D eigenvalue weighted by atomic mass is 10.2. The minimum Gasteiger partial charge on any atom is -0.493 e. The highest BCUT2D eigenvalue weighted by atomic mass is 79.9. The molecule has 1 saturated heterocycles. The SMILES string of the molecule is CCCNC(=O)C1CCCN1S(=O)(=O)c1cc(OC)c(OC)cc1Br. The van der Waals surface area contributed by atoms with Crippen LogP contribution in [0.15, 0.2) is 21.5 Å². The van der Waals surface area contributed by atoms with Gasteiger partial charge >= 0.3 is 0 Å². The van der Waals surface area contributed by atoms with E-state index in [-0.39, 0.29) is 10.8 Å². The second-order valence-corrected chi connectivity index (χ2v) is 8.42. The average molecular weight is 435 g/mol. The molecule has 9 heteroatoms. The van der Waals surface area contributed by atoms with Crippen molar-refractivity contribution >= 4 is 31.9 Å². The summed E-state index contributed by atoms with van der Waals surface area (Å²) in [5.74, 6) is 0.488. The lowest BCUT2D eigenvalue weighted by molar-refractivity contribution is -0.124. The molecule has 1 fully saturated rings. The highest BCUT2D eigenvalue weighted by Crippen LogP contribution is 2.38. The van der Waals surface area contributed by atoms with E-state index >= 15 is 0 Å². The Hall–Kier alpha value is -1.32. The molecule has 0 aromatic heterocycles. The van der Waals surface area contributed by atoms with Gasteiger partial charge < -0.3 is 14.8 Å². The maximum absolute atomic E-state index is 13.1. The molecule has 1 aromatic carbocycles. The summed E-state index contributed by atoms with van der Waals surface area (Å²) in [6, 6.07) is 2.28. The molecule has 0 radical (unpaired) electrons. The molecule has 140 valence electrons. The standard InChI is InChI=1S/C16H23BrN2O5S/c1-4-7-18-16(20)12-6-5-8-19(12)25(21,22)15-10-14(24-3)13(23-2)9-11(15)17/h9-10,12H,4-8H2,1-3H3,(H,18,20). The molecule has 1 aromatic rings. The molecule has 1 amide bonds.